The van der Waals surface area contributed by atoms with Crippen LogP contribution in [0.4, 0.5) is 0 Å². The first kappa shape index (κ1) is 11.5. The molecule has 4 heteroatoms. The van der Waals surface area contributed by atoms with Crippen LogP contribution in [0.3, 0.4) is 0 Å². The van der Waals surface area contributed by atoms with Crippen LogP contribution in [0.2, 0.25) is 0 Å². The summed E-state index contributed by atoms with van der Waals surface area (Å²) in [7, 11) is 0. The third kappa shape index (κ3) is 2.63. The summed E-state index contributed by atoms with van der Waals surface area (Å²) in [4.78, 5) is 15.8. The van der Waals surface area contributed by atoms with E-state index in [1.165, 1.54) is 0 Å². The Kier molecular flexibility index (Phi) is 2.98. The van der Waals surface area contributed by atoms with Gasteiger partial charge in [-0.3, -0.25) is 4.79 Å². The number of esters is 1. The van der Waals surface area contributed by atoms with Crippen molar-refractivity contribution in [2.75, 3.05) is 0 Å². The lowest BCUT2D eigenvalue weighted by Crippen LogP contribution is -2.11. The fourth-order valence-electron chi connectivity index (χ4n) is 1.79. The van der Waals surface area contributed by atoms with Gasteiger partial charge in [0.2, 0.25) is 0 Å². The summed E-state index contributed by atoms with van der Waals surface area (Å²) in [6, 6.07) is 16.6. The van der Waals surface area contributed by atoms with Crippen LogP contribution in [0.1, 0.15) is 5.56 Å². The van der Waals surface area contributed by atoms with E-state index in [-0.39, 0.29) is 12.5 Å². The van der Waals surface area contributed by atoms with E-state index >= 15 is 0 Å². The van der Waals surface area contributed by atoms with Crippen LogP contribution in [0, 0.1) is 0 Å². The van der Waals surface area contributed by atoms with E-state index in [4.69, 9.17) is 9.15 Å². The van der Waals surface area contributed by atoms with Gasteiger partial charge in [-0.15, -0.1) is 0 Å². The molecule has 1 aromatic heterocycles. The molecule has 3 rings (SSSR count). The highest BCUT2D eigenvalue weighted by molar-refractivity contribution is 5.76. The number of hydrogen-bond acceptors (Lipinski definition) is 4. The second-order valence-electron chi connectivity index (χ2n) is 4.08. The van der Waals surface area contributed by atoms with Gasteiger partial charge in [-0.05, 0) is 17.7 Å². The van der Waals surface area contributed by atoms with E-state index in [1.54, 1.807) is 12.1 Å². The molecule has 0 saturated carbocycles. The highest BCUT2D eigenvalue weighted by Gasteiger charge is 2.11. The SMILES string of the molecule is O=C(Cc1ccccc1)Oc1nc2ccccc2o1. The molecule has 1 heterocycles. The van der Waals surface area contributed by atoms with Gasteiger partial charge in [0.1, 0.15) is 5.52 Å². The normalized spacial score (nSPS) is 10.5. The van der Waals surface area contributed by atoms with E-state index in [2.05, 4.69) is 4.98 Å². The maximum atomic E-state index is 11.7. The first-order valence-corrected chi connectivity index (χ1v) is 5.91. The van der Waals surface area contributed by atoms with Gasteiger partial charge >= 0.3 is 12.0 Å². The smallest absolute Gasteiger partial charge is 0.402 e. The van der Waals surface area contributed by atoms with Crippen LogP contribution >= 0.6 is 0 Å². The van der Waals surface area contributed by atoms with Crippen LogP contribution in [0.5, 0.6) is 6.08 Å². The summed E-state index contributed by atoms with van der Waals surface area (Å²) in [5.74, 6) is -0.391. The van der Waals surface area contributed by atoms with Crippen molar-refractivity contribution in [1.82, 2.24) is 4.98 Å². The molecule has 2 aromatic carbocycles. The number of carbonyl (C=O) groups is 1. The number of fused-ring (bicyclic) bond motifs is 1. The summed E-state index contributed by atoms with van der Waals surface area (Å²) in [6.07, 6.45) is 0.182. The highest BCUT2D eigenvalue weighted by Crippen LogP contribution is 2.20. The topological polar surface area (TPSA) is 52.3 Å². The molecular weight excluding hydrogens is 242 g/mol. The first-order chi connectivity index (χ1) is 9.31. The monoisotopic (exact) mass is 253 g/mol. The third-order valence-corrected chi connectivity index (χ3v) is 2.67. The average Bonchev–Trinajstić information content (AvgIpc) is 2.81. The standard InChI is InChI=1S/C15H11NO3/c17-14(10-11-6-2-1-3-7-11)19-15-16-12-8-4-5-9-13(12)18-15/h1-9H,10H2. The molecule has 94 valence electrons. The van der Waals surface area contributed by atoms with Gasteiger partial charge in [-0.25, -0.2) is 0 Å². The van der Waals surface area contributed by atoms with Gasteiger partial charge in [0.05, 0.1) is 6.42 Å². The molecule has 3 aromatic rings. The Balaban J connectivity index is 1.72. The Morgan fingerprint density at radius 2 is 1.79 bits per heavy atom. The Bertz CT molecular complexity index is 670. The maximum absolute atomic E-state index is 11.7. The zero-order valence-electron chi connectivity index (χ0n) is 10.1. The largest absolute Gasteiger partial charge is 0.409 e. The second-order valence-corrected chi connectivity index (χ2v) is 4.08. The quantitative estimate of drug-likeness (QED) is 0.673. The van der Waals surface area contributed by atoms with E-state index < -0.39 is 5.97 Å². The van der Waals surface area contributed by atoms with E-state index in [1.807, 2.05) is 42.5 Å². The molecule has 0 spiro atoms. The summed E-state index contributed by atoms with van der Waals surface area (Å²) in [5.41, 5.74) is 2.17. The minimum absolute atomic E-state index is 0.0119. The van der Waals surface area contributed by atoms with E-state index in [9.17, 15) is 4.79 Å². The maximum Gasteiger partial charge on any atom is 0.402 e. The molecule has 0 unspecified atom stereocenters. The lowest BCUT2D eigenvalue weighted by atomic mass is 10.2. The van der Waals surface area contributed by atoms with Gasteiger partial charge < -0.3 is 9.15 Å². The van der Waals surface area contributed by atoms with Crippen LogP contribution in [0.15, 0.2) is 59.0 Å². The molecule has 0 aliphatic carbocycles. The third-order valence-electron chi connectivity index (χ3n) is 2.67. The summed E-state index contributed by atoms with van der Waals surface area (Å²) in [5, 5.41) is 0. The van der Waals surface area contributed by atoms with Crippen molar-refractivity contribution in [3.63, 3.8) is 0 Å². The molecule has 19 heavy (non-hydrogen) atoms. The van der Waals surface area contributed by atoms with Crippen LogP contribution in [-0.4, -0.2) is 11.0 Å². The number of aromatic nitrogens is 1. The van der Waals surface area contributed by atoms with Gasteiger partial charge in [0.15, 0.2) is 5.58 Å². The Morgan fingerprint density at radius 3 is 2.58 bits per heavy atom. The Morgan fingerprint density at radius 1 is 1.05 bits per heavy atom. The molecule has 0 radical (unpaired) electrons. The average molecular weight is 253 g/mol. The number of oxazole rings is 1. The number of hydrogen-bond donors (Lipinski definition) is 0. The van der Waals surface area contributed by atoms with Gasteiger partial charge in [0.25, 0.3) is 0 Å². The van der Waals surface area contributed by atoms with Crippen LogP contribution < -0.4 is 4.74 Å². The number of benzene rings is 2. The number of rotatable bonds is 3. The number of ether oxygens (including phenoxy) is 1. The highest BCUT2D eigenvalue weighted by atomic mass is 16.6. The molecule has 4 nitrogen and oxygen atoms in total. The van der Waals surface area contributed by atoms with Crippen LogP contribution in [0.25, 0.3) is 11.1 Å². The summed E-state index contributed by atoms with van der Waals surface area (Å²) < 4.78 is 10.4. The molecule has 0 amide bonds. The molecule has 0 N–H and O–H groups in total. The fraction of sp³-hybridized carbons (Fsp3) is 0.0667. The van der Waals surface area contributed by atoms with Crippen molar-refractivity contribution in [3.05, 3.63) is 60.2 Å². The van der Waals surface area contributed by atoms with Crippen molar-refractivity contribution in [2.45, 2.75) is 6.42 Å². The van der Waals surface area contributed by atoms with Crippen molar-refractivity contribution in [3.8, 4) is 6.08 Å². The molecule has 0 atom stereocenters. The zero-order chi connectivity index (χ0) is 13.1. The van der Waals surface area contributed by atoms with Crippen molar-refractivity contribution < 1.29 is 13.9 Å². The molecule has 0 aliphatic rings. The predicted molar refractivity (Wildman–Crippen MR) is 69.8 cm³/mol. The number of carbonyl (C=O) groups excluding carboxylic acids is 1. The van der Waals surface area contributed by atoms with Gasteiger partial charge in [-0.2, -0.15) is 4.98 Å². The predicted octanol–water partition coefficient (Wildman–Crippen LogP) is 2.98. The van der Waals surface area contributed by atoms with Crippen LogP contribution in [-0.2, 0) is 11.2 Å². The lowest BCUT2D eigenvalue weighted by molar-refractivity contribution is -0.135. The van der Waals surface area contributed by atoms with Gasteiger partial charge in [0, 0.05) is 0 Å². The molecule has 0 saturated heterocycles. The van der Waals surface area contributed by atoms with E-state index in [0.29, 0.717) is 11.1 Å². The minimum atomic E-state index is -0.391. The minimum Gasteiger partial charge on any atom is -0.409 e. The lowest BCUT2D eigenvalue weighted by Gasteiger charge is -1.99. The summed E-state index contributed by atoms with van der Waals surface area (Å²) in [6.45, 7) is 0. The second kappa shape index (κ2) is 4.94. The van der Waals surface area contributed by atoms with Crippen molar-refractivity contribution in [1.29, 1.82) is 0 Å². The van der Waals surface area contributed by atoms with Crippen molar-refractivity contribution in [2.24, 2.45) is 0 Å². The van der Waals surface area contributed by atoms with Gasteiger partial charge in [-0.1, -0.05) is 42.5 Å². The van der Waals surface area contributed by atoms with E-state index in [0.717, 1.165) is 5.56 Å². The molecule has 0 aliphatic heterocycles. The van der Waals surface area contributed by atoms with Crippen molar-refractivity contribution >= 4 is 17.1 Å². The molecule has 0 bridgehead atoms. The number of para-hydroxylation sites is 2. The zero-order valence-corrected chi connectivity index (χ0v) is 10.1. The molecular formula is C15H11NO3. The fourth-order valence-corrected chi connectivity index (χ4v) is 1.79. The number of nitrogens with zero attached hydrogens (tertiary/aromatic N) is 1. The summed E-state index contributed by atoms with van der Waals surface area (Å²) >= 11 is 0. The Labute approximate surface area is 109 Å². The Hall–Kier alpha value is -2.62. The first-order valence-electron chi connectivity index (χ1n) is 5.91. The molecule has 0 fully saturated rings.